The average Bonchev–Trinajstić information content (AvgIpc) is 2.85. The molecule has 0 spiro atoms. The number of aromatic amines is 2. The van der Waals surface area contributed by atoms with Gasteiger partial charge in [0, 0.05) is 10.5 Å². The van der Waals surface area contributed by atoms with Gasteiger partial charge in [-0.25, -0.2) is 9.59 Å². The van der Waals surface area contributed by atoms with Crippen LogP contribution in [0.1, 0.15) is 6.92 Å². The van der Waals surface area contributed by atoms with Crippen molar-refractivity contribution >= 4 is 44.5 Å². The van der Waals surface area contributed by atoms with Gasteiger partial charge < -0.3 is 20.0 Å². The standard InChI is InChI=1S/C15H14BrN3O4/c1-2-3-4-5-14(21)23-8-13(20)17-10-7-12-11(6-9(10)16)18-15(22)19-12/h2-7H,8H2,1H3,(H,17,20)(H2,18,19,22)/b3-2+,5-4+. The average molecular weight is 380 g/mol. The van der Waals surface area contributed by atoms with Crippen molar-refractivity contribution in [1.82, 2.24) is 9.97 Å². The molecule has 1 heterocycles. The van der Waals surface area contributed by atoms with Crippen LogP contribution >= 0.6 is 15.9 Å². The molecule has 1 aromatic carbocycles. The van der Waals surface area contributed by atoms with Crippen molar-refractivity contribution < 1.29 is 14.3 Å². The van der Waals surface area contributed by atoms with E-state index in [1.165, 1.54) is 12.2 Å². The first-order valence-electron chi connectivity index (χ1n) is 6.67. The monoisotopic (exact) mass is 379 g/mol. The number of ether oxygens (including phenoxy) is 1. The van der Waals surface area contributed by atoms with Gasteiger partial charge in [-0.2, -0.15) is 0 Å². The molecule has 0 radical (unpaired) electrons. The summed E-state index contributed by atoms with van der Waals surface area (Å²) >= 11 is 3.30. The normalized spacial score (nSPS) is 11.4. The molecule has 0 atom stereocenters. The van der Waals surface area contributed by atoms with Crippen molar-refractivity contribution in [1.29, 1.82) is 0 Å². The van der Waals surface area contributed by atoms with Gasteiger partial charge in [-0.3, -0.25) is 4.79 Å². The molecule has 0 aliphatic rings. The number of fused-ring (bicyclic) bond motifs is 1. The largest absolute Gasteiger partial charge is 0.452 e. The second-order valence-corrected chi connectivity index (χ2v) is 5.35. The molecule has 0 bridgehead atoms. The fraction of sp³-hybridized carbons (Fsp3) is 0.133. The van der Waals surface area contributed by atoms with Crippen molar-refractivity contribution in [2.24, 2.45) is 0 Å². The number of rotatable bonds is 5. The summed E-state index contributed by atoms with van der Waals surface area (Å²) in [6.07, 6.45) is 6.17. The highest BCUT2D eigenvalue weighted by molar-refractivity contribution is 9.10. The van der Waals surface area contributed by atoms with Gasteiger partial charge in [0.15, 0.2) is 6.61 Å². The number of H-pyrrole nitrogens is 2. The van der Waals surface area contributed by atoms with E-state index >= 15 is 0 Å². The molecule has 0 saturated carbocycles. The molecule has 2 rings (SSSR count). The van der Waals surface area contributed by atoms with Gasteiger partial charge in [0.05, 0.1) is 16.7 Å². The summed E-state index contributed by atoms with van der Waals surface area (Å²) in [4.78, 5) is 39.6. The number of hydrogen-bond donors (Lipinski definition) is 3. The molecule has 0 saturated heterocycles. The van der Waals surface area contributed by atoms with Gasteiger partial charge in [0.25, 0.3) is 5.91 Å². The fourth-order valence-electron chi connectivity index (χ4n) is 1.77. The maximum atomic E-state index is 11.8. The van der Waals surface area contributed by atoms with Crippen LogP contribution in [0.3, 0.4) is 0 Å². The highest BCUT2D eigenvalue weighted by atomic mass is 79.9. The predicted octanol–water partition coefficient (Wildman–Crippen LogP) is 2.23. The Bertz CT molecular complexity index is 848. The number of amides is 1. The number of esters is 1. The Morgan fingerprint density at radius 1 is 1.26 bits per heavy atom. The van der Waals surface area contributed by atoms with Gasteiger partial charge in [-0.15, -0.1) is 0 Å². The van der Waals surface area contributed by atoms with E-state index in [-0.39, 0.29) is 5.69 Å². The Hall–Kier alpha value is -2.61. The molecule has 120 valence electrons. The first kappa shape index (κ1) is 16.8. The Kier molecular flexibility index (Phi) is 5.53. The molecule has 7 nitrogen and oxygen atoms in total. The van der Waals surface area contributed by atoms with Crippen LogP contribution in [0.25, 0.3) is 11.0 Å². The SMILES string of the molecule is C/C=C/C=C/C(=O)OCC(=O)Nc1cc2[nH]c(=O)[nH]c2cc1Br. The quantitative estimate of drug-likeness (QED) is 0.420. The first-order valence-corrected chi connectivity index (χ1v) is 7.46. The van der Waals surface area contributed by atoms with E-state index in [0.717, 1.165) is 0 Å². The number of carbonyl (C=O) groups is 2. The lowest BCUT2D eigenvalue weighted by molar-refractivity contribution is -0.142. The Balaban J connectivity index is 1.98. The van der Waals surface area contributed by atoms with Crippen LogP contribution in [0.15, 0.2) is 45.7 Å². The van der Waals surface area contributed by atoms with Crippen LogP contribution in [0.4, 0.5) is 5.69 Å². The minimum atomic E-state index is -0.609. The molecule has 8 heteroatoms. The maximum Gasteiger partial charge on any atom is 0.331 e. The van der Waals surface area contributed by atoms with E-state index in [9.17, 15) is 14.4 Å². The van der Waals surface area contributed by atoms with E-state index in [1.807, 2.05) is 6.92 Å². The molecule has 1 amide bonds. The molecule has 1 aromatic heterocycles. The number of allylic oxidation sites excluding steroid dienone is 3. The molecule has 3 N–H and O–H groups in total. The van der Waals surface area contributed by atoms with Crippen LogP contribution in [0.5, 0.6) is 0 Å². The molecule has 0 aliphatic carbocycles. The highest BCUT2D eigenvalue weighted by Crippen LogP contribution is 2.26. The highest BCUT2D eigenvalue weighted by Gasteiger charge is 2.10. The third-order valence-electron chi connectivity index (χ3n) is 2.76. The molecular formula is C15H14BrN3O4. The molecule has 0 aliphatic heterocycles. The summed E-state index contributed by atoms with van der Waals surface area (Å²) in [5, 5.41) is 2.60. The minimum Gasteiger partial charge on any atom is -0.452 e. The zero-order chi connectivity index (χ0) is 16.8. The Morgan fingerprint density at radius 3 is 2.65 bits per heavy atom. The van der Waals surface area contributed by atoms with E-state index in [4.69, 9.17) is 4.74 Å². The first-order chi connectivity index (χ1) is 11.0. The van der Waals surface area contributed by atoms with Crippen LogP contribution in [0.2, 0.25) is 0 Å². The number of carbonyl (C=O) groups excluding carboxylic acids is 2. The van der Waals surface area contributed by atoms with Crippen molar-refractivity contribution in [2.45, 2.75) is 6.92 Å². The van der Waals surface area contributed by atoms with Crippen LogP contribution in [-0.4, -0.2) is 28.5 Å². The fourth-order valence-corrected chi connectivity index (χ4v) is 2.21. The lowest BCUT2D eigenvalue weighted by Gasteiger charge is -2.07. The lowest BCUT2D eigenvalue weighted by atomic mass is 10.2. The smallest absolute Gasteiger partial charge is 0.331 e. The summed E-state index contributed by atoms with van der Waals surface area (Å²) in [6.45, 7) is 1.41. The number of imidazole rings is 1. The second kappa shape index (κ2) is 7.59. The number of nitrogens with one attached hydrogen (secondary N) is 3. The lowest BCUT2D eigenvalue weighted by Crippen LogP contribution is -2.20. The van der Waals surface area contributed by atoms with E-state index < -0.39 is 18.5 Å². The molecule has 23 heavy (non-hydrogen) atoms. The summed E-state index contributed by atoms with van der Waals surface area (Å²) < 4.78 is 5.39. The van der Waals surface area contributed by atoms with Crippen LogP contribution in [0, 0.1) is 0 Å². The van der Waals surface area contributed by atoms with Gasteiger partial charge in [-0.05, 0) is 35.0 Å². The topological polar surface area (TPSA) is 104 Å². The third kappa shape index (κ3) is 4.68. The molecule has 0 unspecified atom stereocenters. The molecule has 2 aromatic rings. The number of benzene rings is 1. The number of halogens is 1. The summed E-state index contributed by atoms with van der Waals surface area (Å²) in [5.41, 5.74) is 1.29. The van der Waals surface area contributed by atoms with Gasteiger partial charge in [0.1, 0.15) is 0 Å². The van der Waals surface area contributed by atoms with E-state index in [2.05, 4.69) is 31.2 Å². The van der Waals surface area contributed by atoms with Gasteiger partial charge >= 0.3 is 11.7 Å². The van der Waals surface area contributed by atoms with Crippen molar-refractivity contribution in [3.8, 4) is 0 Å². The van der Waals surface area contributed by atoms with Gasteiger partial charge in [0.2, 0.25) is 0 Å². The Morgan fingerprint density at radius 2 is 1.96 bits per heavy atom. The van der Waals surface area contributed by atoms with Gasteiger partial charge in [-0.1, -0.05) is 18.2 Å². The third-order valence-corrected chi connectivity index (χ3v) is 3.42. The number of hydrogen-bond acceptors (Lipinski definition) is 4. The second-order valence-electron chi connectivity index (χ2n) is 4.50. The van der Waals surface area contributed by atoms with E-state index in [1.54, 1.807) is 24.3 Å². The van der Waals surface area contributed by atoms with Crippen molar-refractivity contribution in [3.63, 3.8) is 0 Å². The zero-order valence-electron chi connectivity index (χ0n) is 12.2. The van der Waals surface area contributed by atoms with Crippen LogP contribution < -0.4 is 11.0 Å². The summed E-state index contributed by atoms with van der Waals surface area (Å²) in [6, 6.07) is 3.26. The predicted molar refractivity (Wildman–Crippen MR) is 90.2 cm³/mol. The number of aromatic nitrogens is 2. The molecule has 0 fully saturated rings. The number of anilines is 1. The van der Waals surface area contributed by atoms with Crippen molar-refractivity contribution in [3.05, 3.63) is 51.4 Å². The van der Waals surface area contributed by atoms with E-state index in [0.29, 0.717) is 21.2 Å². The molecular weight excluding hydrogens is 366 g/mol. The van der Waals surface area contributed by atoms with Crippen LogP contribution in [-0.2, 0) is 14.3 Å². The van der Waals surface area contributed by atoms with Crippen molar-refractivity contribution in [2.75, 3.05) is 11.9 Å². The minimum absolute atomic E-state index is 0.336. The summed E-state index contributed by atoms with van der Waals surface area (Å²) in [5.74, 6) is -1.10. The zero-order valence-corrected chi connectivity index (χ0v) is 13.8. The maximum absolute atomic E-state index is 11.8. The summed E-state index contributed by atoms with van der Waals surface area (Å²) in [7, 11) is 0. The Labute approximate surface area is 139 Å².